The maximum atomic E-state index is 9.87. The average Bonchev–Trinajstić information content (AvgIpc) is 1.88. The summed E-state index contributed by atoms with van der Waals surface area (Å²) in [5.74, 6) is 0. The van der Waals surface area contributed by atoms with Crippen LogP contribution < -0.4 is 4.46 Å². The molecule has 0 aliphatic carbocycles. The molecule has 0 bridgehead atoms. The zero-order chi connectivity index (χ0) is 12.4. The Morgan fingerprint density at radius 2 is 1.13 bits per heavy atom. The summed E-state index contributed by atoms with van der Waals surface area (Å²) in [6.45, 7) is 2.08. The van der Waals surface area contributed by atoms with Gasteiger partial charge in [0.25, 0.3) is 0 Å². The van der Waals surface area contributed by atoms with Crippen molar-refractivity contribution in [1.29, 1.82) is 0 Å². The molecule has 0 N–H and O–H groups in total. The molecule has 2 radical (unpaired) electrons. The van der Waals surface area contributed by atoms with E-state index in [1.165, 1.54) is 10.0 Å². The van der Waals surface area contributed by atoms with E-state index in [-0.39, 0.29) is 0 Å². The second kappa shape index (κ2) is 3.65. The molecule has 0 fully saturated rings. The number of hydrogen-bond donors (Lipinski definition) is 0. The summed E-state index contributed by atoms with van der Waals surface area (Å²) in [5.41, 5.74) is 1.31. The van der Waals surface area contributed by atoms with E-state index in [1.807, 2.05) is 0 Å². The van der Waals surface area contributed by atoms with Gasteiger partial charge >= 0.3 is 90.2 Å². The first-order chi connectivity index (χ1) is 6.24. The normalized spacial score (nSPS) is 15.7. The zero-order valence-corrected chi connectivity index (χ0v) is 10.0. The standard InChI is InChI=1S/C7H7Se.F6P/c1-6-2-4-7(8)5-3-6;1-7(2,3,4,5)6/h2-5H,1H3;/q+1;-1. The van der Waals surface area contributed by atoms with Crippen molar-refractivity contribution in [2.75, 3.05) is 0 Å². The molecule has 0 aliphatic heterocycles. The van der Waals surface area contributed by atoms with E-state index in [0.717, 1.165) is 0 Å². The van der Waals surface area contributed by atoms with Crippen LogP contribution in [-0.4, -0.2) is 16.0 Å². The predicted octanol–water partition coefficient (Wildman–Crippen LogP) is 4.17. The summed E-state index contributed by atoms with van der Waals surface area (Å²) >= 11 is 2.93. The molecule has 0 amide bonds. The molecule has 0 aliphatic rings. The Morgan fingerprint density at radius 1 is 0.867 bits per heavy atom. The van der Waals surface area contributed by atoms with Crippen molar-refractivity contribution >= 4 is 28.3 Å². The van der Waals surface area contributed by atoms with Gasteiger partial charge in [-0.15, -0.1) is 0 Å². The summed E-state index contributed by atoms with van der Waals surface area (Å²) in [7, 11) is -10.7. The first-order valence-electron chi connectivity index (χ1n) is 3.54. The van der Waals surface area contributed by atoms with Crippen LogP contribution in [0.15, 0.2) is 24.3 Å². The number of hydrogen-bond acceptors (Lipinski definition) is 0. The molecule has 0 heterocycles. The van der Waals surface area contributed by atoms with Crippen LogP contribution in [0.25, 0.3) is 0 Å². The van der Waals surface area contributed by atoms with Gasteiger partial charge in [0.05, 0.1) is 0 Å². The summed E-state index contributed by atoms with van der Waals surface area (Å²) in [6.07, 6.45) is 0. The summed E-state index contributed by atoms with van der Waals surface area (Å²) < 4.78 is 60.4. The van der Waals surface area contributed by atoms with Gasteiger partial charge in [-0.1, -0.05) is 0 Å². The van der Waals surface area contributed by atoms with Crippen LogP contribution in [0.5, 0.6) is 0 Å². The van der Waals surface area contributed by atoms with Crippen LogP contribution >= 0.6 is 7.81 Å². The van der Waals surface area contributed by atoms with Crippen molar-refractivity contribution in [3.05, 3.63) is 29.8 Å². The van der Waals surface area contributed by atoms with Crippen molar-refractivity contribution in [3.8, 4) is 0 Å². The van der Waals surface area contributed by atoms with Gasteiger partial charge in [0.2, 0.25) is 0 Å². The van der Waals surface area contributed by atoms with Gasteiger partial charge in [0, 0.05) is 0 Å². The molecule has 0 spiro atoms. The number of halogens is 6. The van der Waals surface area contributed by atoms with Crippen molar-refractivity contribution < 1.29 is 25.2 Å². The molecule has 15 heavy (non-hydrogen) atoms. The minimum absolute atomic E-state index is 1.20. The Balaban J connectivity index is 0.000000265. The van der Waals surface area contributed by atoms with Crippen molar-refractivity contribution in [2.24, 2.45) is 0 Å². The van der Waals surface area contributed by atoms with E-state index in [0.29, 0.717) is 0 Å². The molecule has 1 aromatic rings. The van der Waals surface area contributed by atoms with Gasteiger partial charge in [-0.25, -0.2) is 0 Å². The molecule has 88 valence electrons. The fourth-order valence-corrected chi connectivity index (χ4v) is 0.824. The monoisotopic (exact) mass is 316 g/mol. The first kappa shape index (κ1) is 14.7. The molecule has 0 saturated heterocycles. The predicted molar refractivity (Wildman–Crippen MR) is 50.1 cm³/mol. The number of benzene rings is 1. The number of aryl methyl sites for hydroxylation is 1. The molecule has 0 aromatic heterocycles. The minimum atomic E-state index is -10.7. The van der Waals surface area contributed by atoms with E-state index < -0.39 is 7.81 Å². The second-order valence-electron chi connectivity index (χ2n) is 2.77. The Labute approximate surface area is 90.7 Å². The quantitative estimate of drug-likeness (QED) is 0.383. The van der Waals surface area contributed by atoms with Crippen LogP contribution in [0.4, 0.5) is 25.2 Å². The van der Waals surface area contributed by atoms with Gasteiger partial charge in [0.15, 0.2) is 0 Å². The number of rotatable bonds is 0. The second-order valence-corrected chi connectivity index (χ2v) is 5.68. The molecule has 1 rings (SSSR count). The van der Waals surface area contributed by atoms with E-state index in [4.69, 9.17) is 0 Å². The topological polar surface area (TPSA) is 0 Å². The molecular formula is C7H7F6PSe. The van der Waals surface area contributed by atoms with Crippen LogP contribution in [0, 0.1) is 6.92 Å². The molecule has 0 nitrogen and oxygen atoms in total. The van der Waals surface area contributed by atoms with E-state index in [2.05, 4.69) is 47.2 Å². The summed E-state index contributed by atoms with van der Waals surface area (Å²) in [5, 5.41) is 0. The van der Waals surface area contributed by atoms with Crippen molar-refractivity contribution in [2.45, 2.75) is 6.92 Å². The van der Waals surface area contributed by atoms with E-state index in [1.54, 1.807) is 0 Å². The fraction of sp³-hybridized carbons (Fsp3) is 0.143. The maximum absolute atomic E-state index is 10.7. The fourth-order valence-electron chi connectivity index (χ4n) is 0.538. The summed E-state index contributed by atoms with van der Waals surface area (Å²) in [6, 6.07) is 8.31. The van der Waals surface area contributed by atoms with Crippen LogP contribution in [0.1, 0.15) is 5.56 Å². The Hall–Kier alpha value is -0.251. The molecule has 0 unspecified atom stereocenters. The third-order valence-corrected chi connectivity index (χ3v) is 1.59. The molecule has 8 heteroatoms. The Kier molecular flexibility index (Phi) is 3.59. The summed E-state index contributed by atoms with van der Waals surface area (Å²) in [4.78, 5) is 0. The van der Waals surface area contributed by atoms with Crippen molar-refractivity contribution in [1.82, 2.24) is 0 Å². The molecule has 0 atom stereocenters. The molecule has 0 saturated carbocycles. The van der Waals surface area contributed by atoms with Gasteiger partial charge < -0.3 is 0 Å². The zero-order valence-electron chi connectivity index (χ0n) is 7.43. The van der Waals surface area contributed by atoms with Gasteiger partial charge in [-0.2, -0.15) is 0 Å². The average molecular weight is 315 g/mol. The third-order valence-electron chi connectivity index (χ3n) is 1.02. The Bertz CT molecular complexity index is 293. The first-order valence-corrected chi connectivity index (χ1v) is 6.42. The SMILES string of the molecule is Cc1ccc([Se+])cc1.F[P-](F)(F)(F)(F)F. The van der Waals surface area contributed by atoms with Gasteiger partial charge in [-0.05, 0) is 0 Å². The van der Waals surface area contributed by atoms with Gasteiger partial charge in [-0.3, -0.25) is 0 Å². The Morgan fingerprint density at radius 3 is 1.33 bits per heavy atom. The van der Waals surface area contributed by atoms with E-state index >= 15 is 0 Å². The third kappa shape index (κ3) is 20.0. The molecular weight excluding hydrogens is 308 g/mol. The van der Waals surface area contributed by atoms with E-state index in [9.17, 15) is 25.2 Å². The van der Waals surface area contributed by atoms with Crippen LogP contribution in [0.2, 0.25) is 0 Å². The van der Waals surface area contributed by atoms with Crippen LogP contribution in [-0.2, 0) is 0 Å². The van der Waals surface area contributed by atoms with Crippen molar-refractivity contribution in [3.63, 3.8) is 0 Å². The van der Waals surface area contributed by atoms with Gasteiger partial charge in [0.1, 0.15) is 0 Å². The van der Waals surface area contributed by atoms with Crippen LogP contribution in [0.3, 0.4) is 0 Å². The molecule has 1 aromatic carbocycles.